The van der Waals surface area contributed by atoms with Crippen LogP contribution in [0, 0.1) is 18.8 Å². The Morgan fingerprint density at radius 3 is 2.29 bits per heavy atom. The molecule has 1 saturated carbocycles. The van der Waals surface area contributed by atoms with Crippen molar-refractivity contribution in [3.05, 3.63) is 106 Å². The molecular formula is C51H62N6O5. The summed E-state index contributed by atoms with van der Waals surface area (Å²) in [4.78, 5) is 64.6. The van der Waals surface area contributed by atoms with Gasteiger partial charge in [0.15, 0.2) is 12.5 Å². The van der Waals surface area contributed by atoms with Crippen molar-refractivity contribution in [2.75, 3.05) is 59.4 Å². The Kier molecular flexibility index (Phi) is 12.5. The van der Waals surface area contributed by atoms with Gasteiger partial charge in [-0.05, 0) is 123 Å². The van der Waals surface area contributed by atoms with Gasteiger partial charge in [0, 0.05) is 63.5 Å². The minimum absolute atomic E-state index is 0.00373. The van der Waals surface area contributed by atoms with Gasteiger partial charge in [-0.25, -0.2) is 4.68 Å². The van der Waals surface area contributed by atoms with Crippen molar-refractivity contribution in [2.24, 2.45) is 11.8 Å². The molecule has 2 amide bonds. The molecular weight excluding hydrogens is 777 g/mol. The maximum absolute atomic E-state index is 14.6. The third-order valence-corrected chi connectivity index (χ3v) is 14.9. The molecule has 0 N–H and O–H groups in total. The van der Waals surface area contributed by atoms with E-state index in [0.717, 1.165) is 122 Å². The fourth-order valence-corrected chi connectivity index (χ4v) is 11.3. The summed E-state index contributed by atoms with van der Waals surface area (Å²) in [7, 11) is 2.19. The summed E-state index contributed by atoms with van der Waals surface area (Å²) in [6, 6.07) is 22.9. The van der Waals surface area contributed by atoms with Crippen LogP contribution in [-0.2, 0) is 48.9 Å². The number of carbonyl (C=O) groups excluding carboxylic acids is 4. The van der Waals surface area contributed by atoms with Crippen LogP contribution in [0.4, 0.5) is 0 Å². The minimum Gasteiger partial charge on any atom is -0.442 e. The molecule has 0 bridgehead atoms. The van der Waals surface area contributed by atoms with Crippen LogP contribution in [-0.4, -0.2) is 118 Å². The standard InChI is InChI=1S/C51H62N6O5/c1-36-28-37(30-42-34-52-57(48(36)42)35-62-50(61)51(18-8-9-19-51)43-12-4-3-5-13-43)29-41(49(60)56-26-24-54(25-27-56)44-16-20-53(2)21-17-44)33-47(59)55-22-14-38(15-23-55)45-31-39-10-6-7-11-40(39)32-46(45)58/h3-7,10-13,28,30-31,34,38,41,44H,8-9,14-27,29,32-33,35H2,1-2H3/t41-/m0/s1. The van der Waals surface area contributed by atoms with Gasteiger partial charge in [-0.15, -0.1) is 0 Å². The largest absolute Gasteiger partial charge is 0.442 e. The monoisotopic (exact) mass is 838 g/mol. The van der Waals surface area contributed by atoms with Crippen LogP contribution in [0.1, 0.15) is 85.6 Å². The van der Waals surface area contributed by atoms with Crippen LogP contribution >= 0.6 is 0 Å². The van der Waals surface area contributed by atoms with Crippen LogP contribution in [0.3, 0.4) is 0 Å². The smallest absolute Gasteiger partial charge is 0.318 e. The lowest BCUT2D eigenvalue weighted by atomic mass is 9.79. The Morgan fingerprint density at radius 1 is 0.839 bits per heavy atom. The van der Waals surface area contributed by atoms with Crippen LogP contribution in [0.5, 0.6) is 0 Å². The number of amides is 2. The Labute approximate surface area is 366 Å². The highest BCUT2D eigenvalue weighted by Crippen LogP contribution is 2.42. The van der Waals surface area contributed by atoms with Crippen molar-refractivity contribution in [3.8, 4) is 0 Å². The zero-order valence-corrected chi connectivity index (χ0v) is 36.6. The number of piperazine rings is 1. The molecule has 0 unspecified atom stereocenters. The number of ether oxygens (including phenoxy) is 1. The number of allylic oxidation sites excluding steroid dienone is 1. The molecule has 3 aliphatic heterocycles. The lowest BCUT2D eigenvalue weighted by molar-refractivity contribution is -0.155. The molecule has 11 nitrogen and oxygen atoms in total. The highest BCUT2D eigenvalue weighted by Gasteiger charge is 2.44. The lowest BCUT2D eigenvalue weighted by Crippen LogP contribution is -2.55. The summed E-state index contributed by atoms with van der Waals surface area (Å²) < 4.78 is 7.80. The van der Waals surface area contributed by atoms with Crippen molar-refractivity contribution in [1.29, 1.82) is 0 Å². The number of likely N-dealkylation sites (tertiary alicyclic amines) is 2. The van der Waals surface area contributed by atoms with E-state index >= 15 is 0 Å². The van der Waals surface area contributed by atoms with Gasteiger partial charge in [-0.1, -0.05) is 73.5 Å². The second-order valence-corrected chi connectivity index (χ2v) is 18.8. The second-order valence-electron chi connectivity index (χ2n) is 18.8. The minimum atomic E-state index is -0.625. The maximum atomic E-state index is 14.6. The van der Waals surface area contributed by atoms with E-state index in [9.17, 15) is 19.2 Å². The fraction of sp³-hybridized carbons (Fsp3) is 0.510. The topological polar surface area (TPSA) is 108 Å². The van der Waals surface area contributed by atoms with E-state index in [-0.39, 0.29) is 42.6 Å². The second kappa shape index (κ2) is 18.3. The van der Waals surface area contributed by atoms with Gasteiger partial charge in [0.1, 0.15) is 0 Å². The average Bonchev–Trinajstić information content (AvgIpc) is 3.97. The molecule has 1 aromatic heterocycles. The number of esters is 1. The van der Waals surface area contributed by atoms with Crippen molar-refractivity contribution in [1.82, 2.24) is 29.4 Å². The number of aryl methyl sites for hydroxylation is 1. The molecule has 4 aromatic rings. The number of nitrogens with zero attached hydrogens (tertiary/aromatic N) is 6. The van der Waals surface area contributed by atoms with Gasteiger partial charge in [0.05, 0.1) is 23.0 Å². The van der Waals surface area contributed by atoms with Crippen molar-refractivity contribution >= 4 is 40.5 Å². The Bertz CT molecular complexity index is 2310. The average molecular weight is 839 g/mol. The summed E-state index contributed by atoms with van der Waals surface area (Å²) in [6.45, 7) is 8.47. The summed E-state index contributed by atoms with van der Waals surface area (Å²) in [6.07, 6.45) is 12.2. The van der Waals surface area contributed by atoms with E-state index in [0.29, 0.717) is 45.1 Å². The van der Waals surface area contributed by atoms with Gasteiger partial charge in [0.2, 0.25) is 11.8 Å². The number of ketones is 1. The highest BCUT2D eigenvalue weighted by molar-refractivity contribution is 6.04. The predicted molar refractivity (Wildman–Crippen MR) is 240 cm³/mol. The normalized spacial score (nSPS) is 20.9. The van der Waals surface area contributed by atoms with Gasteiger partial charge in [-0.3, -0.25) is 24.1 Å². The lowest BCUT2D eigenvalue weighted by Gasteiger charge is -2.43. The molecule has 1 atom stereocenters. The van der Waals surface area contributed by atoms with Gasteiger partial charge in [0.25, 0.3) is 0 Å². The van der Waals surface area contributed by atoms with E-state index in [1.807, 2.05) is 71.5 Å². The van der Waals surface area contributed by atoms with Gasteiger partial charge >= 0.3 is 5.97 Å². The van der Waals surface area contributed by atoms with E-state index in [1.165, 1.54) is 0 Å². The molecule has 2 aliphatic carbocycles. The summed E-state index contributed by atoms with van der Waals surface area (Å²) >= 11 is 0. The quantitative estimate of drug-likeness (QED) is 0.156. The maximum Gasteiger partial charge on any atom is 0.318 e. The number of aromatic nitrogens is 2. The van der Waals surface area contributed by atoms with Crippen LogP contribution in [0.2, 0.25) is 0 Å². The molecule has 0 spiro atoms. The summed E-state index contributed by atoms with van der Waals surface area (Å²) in [5.41, 5.74) is 6.33. The zero-order valence-electron chi connectivity index (χ0n) is 36.6. The third kappa shape index (κ3) is 8.75. The Hall–Kier alpha value is -5.13. The van der Waals surface area contributed by atoms with Gasteiger partial charge in [-0.2, -0.15) is 5.10 Å². The first-order chi connectivity index (χ1) is 30.1. The Balaban J connectivity index is 0.889. The van der Waals surface area contributed by atoms with Crippen LogP contribution < -0.4 is 0 Å². The molecule has 0 radical (unpaired) electrons. The number of rotatable bonds is 11. The molecule has 4 heterocycles. The van der Waals surface area contributed by atoms with Gasteiger partial charge < -0.3 is 19.4 Å². The van der Waals surface area contributed by atoms with E-state index in [4.69, 9.17) is 4.74 Å². The van der Waals surface area contributed by atoms with Crippen LogP contribution in [0.25, 0.3) is 17.0 Å². The molecule has 3 aromatic carbocycles. The highest BCUT2D eigenvalue weighted by atomic mass is 16.5. The molecule has 4 fully saturated rings. The first-order valence-corrected chi connectivity index (χ1v) is 23.1. The molecule has 5 aliphatic rings. The molecule has 11 heteroatoms. The molecule has 3 saturated heterocycles. The molecule has 326 valence electrons. The fourth-order valence-electron chi connectivity index (χ4n) is 11.3. The van der Waals surface area contributed by atoms with E-state index in [2.05, 4.69) is 46.2 Å². The number of Topliss-reactive ketones (excluding diaryl/α,β-unsaturated/α-hetero) is 1. The number of benzene rings is 3. The predicted octanol–water partition coefficient (Wildman–Crippen LogP) is 6.59. The first-order valence-electron chi connectivity index (χ1n) is 23.1. The first kappa shape index (κ1) is 42.2. The Morgan fingerprint density at radius 2 is 1.55 bits per heavy atom. The summed E-state index contributed by atoms with van der Waals surface area (Å²) in [5, 5.41) is 5.58. The molecule has 9 rings (SSSR count). The third-order valence-electron chi connectivity index (χ3n) is 14.9. The van der Waals surface area contributed by atoms with Crippen LogP contribution in [0.15, 0.2) is 78.5 Å². The number of carbonyl (C=O) groups is 4. The number of hydrogen-bond acceptors (Lipinski definition) is 8. The number of piperidine rings is 2. The molecule has 62 heavy (non-hydrogen) atoms. The van der Waals surface area contributed by atoms with E-state index in [1.54, 1.807) is 4.68 Å². The van der Waals surface area contributed by atoms with E-state index < -0.39 is 11.3 Å². The number of fused-ring (bicyclic) bond motifs is 2. The van der Waals surface area contributed by atoms with Crippen molar-refractivity contribution in [3.63, 3.8) is 0 Å². The zero-order chi connectivity index (χ0) is 42.8. The van der Waals surface area contributed by atoms with Crippen molar-refractivity contribution < 1.29 is 23.9 Å². The SMILES string of the molecule is Cc1cc(C[C@@H](CC(=O)N2CCC(C3=Cc4ccccc4CC3=O)CC2)C(=O)N2CCN(C3CCN(C)CC3)CC2)cc2cnn(COC(=O)C3(c4ccccc4)CCCC3)c12. The van der Waals surface area contributed by atoms with Crippen molar-refractivity contribution in [2.45, 2.75) is 95.7 Å². The summed E-state index contributed by atoms with van der Waals surface area (Å²) in [5.74, 6) is -0.342. The number of hydrogen-bond donors (Lipinski definition) is 0.